The average Bonchev–Trinajstić information content (AvgIpc) is 2.66. The summed E-state index contributed by atoms with van der Waals surface area (Å²) in [5.74, 6) is 0.109. The molecule has 1 fully saturated rings. The van der Waals surface area contributed by atoms with Gasteiger partial charge in [-0.1, -0.05) is 12.8 Å². The van der Waals surface area contributed by atoms with Crippen molar-refractivity contribution in [3.05, 3.63) is 23.8 Å². The lowest BCUT2D eigenvalue weighted by Gasteiger charge is -2.24. The van der Waals surface area contributed by atoms with Crippen molar-refractivity contribution in [2.45, 2.75) is 25.7 Å². The van der Waals surface area contributed by atoms with Crippen LogP contribution >= 0.6 is 0 Å². The van der Waals surface area contributed by atoms with E-state index in [1.807, 2.05) is 36.0 Å². The van der Waals surface area contributed by atoms with E-state index in [-0.39, 0.29) is 5.91 Å². The molecule has 4 heteroatoms. The highest BCUT2D eigenvalue weighted by molar-refractivity contribution is 6.00. The number of anilines is 2. The Bertz CT molecular complexity index is 449. The third-order valence-corrected chi connectivity index (χ3v) is 3.63. The summed E-state index contributed by atoms with van der Waals surface area (Å²) in [5.41, 5.74) is 8.13. The fourth-order valence-corrected chi connectivity index (χ4v) is 2.56. The summed E-state index contributed by atoms with van der Waals surface area (Å²) in [7, 11) is 3.90. The van der Waals surface area contributed by atoms with E-state index in [4.69, 9.17) is 5.73 Å². The van der Waals surface area contributed by atoms with Crippen LogP contribution in [0.4, 0.5) is 11.4 Å². The molecular formula is C15H23N3O. The van der Waals surface area contributed by atoms with Gasteiger partial charge in [0, 0.05) is 38.6 Å². The molecule has 2 N–H and O–H groups in total. The molecule has 1 aromatic carbocycles. The van der Waals surface area contributed by atoms with Gasteiger partial charge in [0.05, 0.1) is 5.56 Å². The number of nitrogens with two attached hydrogens (primary N) is 1. The second-order valence-electron chi connectivity index (χ2n) is 5.38. The number of hydrogen-bond donors (Lipinski definition) is 1. The van der Waals surface area contributed by atoms with E-state index < -0.39 is 0 Å². The minimum Gasteiger partial charge on any atom is -0.399 e. The van der Waals surface area contributed by atoms with Gasteiger partial charge in [0.15, 0.2) is 0 Å². The van der Waals surface area contributed by atoms with Gasteiger partial charge in [0.25, 0.3) is 5.91 Å². The minimum absolute atomic E-state index is 0.109. The second-order valence-corrected chi connectivity index (χ2v) is 5.38. The highest BCUT2D eigenvalue weighted by Gasteiger charge is 2.20. The SMILES string of the molecule is CN(C)c1ccc(N)cc1C(=O)N1CCCCCC1. The molecule has 0 bridgehead atoms. The topological polar surface area (TPSA) is 49.6 Å². The van der Waals surface area contributed by atoms with Crippen molar-refractivity contribution in [1.29, 1.82) is 0 Å². The first-order chi connectivity index (χ1) is 9.09. The Labute approximate surface area is 115 Å². The van der Waals surface area contributed by atoms with Gasteiger partial charge in [-0.05, 0) is 31.0 Å². The summed E-state index contributed by atoms with van der Waals surface area (Å²) < 4.78 is 0. The van der Waals surface area contributed by atoms with Crippen molar-refractivity contribution in [1.82, 2.24) is 4.90 Å². The quantitative estimate of drug-likeness (QED) is 0.831. The van der Waals surface area contributed by atoms with Crippen LogP contribution in [0.15, 0.2) is 18.2 Å². The molecule has 4 nitrogen and oxygen atoms in total. The Morgan fingerprint density at radius 3 is 2.37 bits per heavy atom. The van der Waals surface area contributed by atoms with Gasteiger partial charge in [-0.15, -0.1) is 0 Å². The minimum atomic E-state index is 0.109. The maximum absolute atomic E-state index is 12.7. The maximum Gasteiger partial charge on any atom is 0.256 e. The third-order valence-electron chi connectivity index (χ3n) is 3.63. The van der Waals surface area contributed by atoms with Crippen LogP contribution in [0.2, 0.25) is 0 Å². The summed E-state index contributed by atoms with van der Waals surface area (Å²) in [6, 6.07) is 5.55. The van der Waals surface area contributed by atoms with Gasteiger partial charge < -0.3 is 15.5 Å². The Kier molecular flexibility index (Phi) is 4.30. The fraction of sp³-hybridized carbons (Fsp3) is 0.533. The summed E-state index contributed by atoms with van der Waals surface area (Å²) in [4.78, 5) is 16.6. The normalized spacial score (nSPS) is 16.0. The molecule has 0 aromatic heterocycles. The summed E-state index contributed by atoms with van der Waals surface area (Å²) in [5, 5.41) is 0. The van der Waals surface area contributed by atoms with Crippen molar-refractivity contribution < 1.29 is 4.79 Å². The molecule has 2 rings (SSSR count). The van der Waals surface area contributed by atoms with E-state index in [1.165, 1.54) is 12.8 Å². The van der Waals surface area contributed by atoms with Crippen LogP contribution in [0.1, 0.15) is 36.0 Å². The molecule has 0 atom stereocenters. The first kappa shape index (κ1) is 13.7. The fourth-order valence-electron chi connectivity index (χ4n) is 2.56. The smallest absolute Gasteiger partial charge is 0.256 e. The van der Waals surface area contributed by atoms with E-state index >= 15 is 0 Å². The summed E-state index contributed by atoms with van der Waals surface area (Å²) in [6.07, 6.45) is 4.65. The highest BCUT2D eigenvalue weighted by Crippen LogP contribution is 2.24. The van der Waals surface area contributed by atoms with E-state index in [0.717, 1.165) is 31.6 Å². The molecule has 19 heavy (non-hydrogen) atoms. The van der Waals surface area contributed by atoms with Gasteiger partial charge in [0.1, 0.15) is 0 Å². The predicted molar refractivity (Wildman–Crippen MR) is 79.6 cm³/mol. The van der Waals surface area contributed by atoms with Crippen LogP contribution in [-0.2, 0) is 0 Å². The number of carbonyl (C=O) groups is 1. The first-order valence-electron chi connectivity index (χ1n) is 6.95. The summed E-state index contributed by atoms with van der Waals surface area (Å²) in [6.45, 7) is 1.72. The molecule has 1 aliphatic heterocycles. The van der Waals surface area contributed by atoms with Crippen molar-refractivity contribution in [3.63, 3.8) is 0 Å². The zero-order chi connectivity index (χ0) is 13.8. The first-order valence-corrected chi connectivity index (χ1v) is 6.95. The number of amides is 1. The number of carbonyl (C=O) groups excluding carboxylic acids is 1. The number of nitrogen functional groups attached to an aromatic ring is 1. The molecule has 1 saturated heterocycles. The van der Waals surface area contributed by atoms with Crippen LogP contribution in [0.3, 0.4) is 0 Å². The Morgan fingerprint density at radius 2 is 1.79 bits per heavy atom. The predicted octanol–water partition coefficient (Wildman–Crippen LogP) is 2.35. The highest BCUT2D eigenvalue weighted by atomic mass is 16.2. The molecule has 1 aliphatic rings. The van der Waals surface area contributed by atoms with Crippen molar-refractivity contribution >= 4 is 17.3 Å². The average molecular weight is 261 g/mol. The zero-order valence-corrected chi connectivity index (χ0v) is 11.9. The Hall–Kier alpha value is -1.71. The van der Waals surface area contributed by atoms with Crippen molar-refractivity contribution in [3.8, 4) is 0 Å². The largest absolute Gasteiger partial charge is 0.399 e. The molecule has 0 aliphatic carbocycles. The molecular weight excluding hydrogens is 238 g/mol. The van der Waals surface area contributed by atoms with Crippen LogP contribution in [0, 0.1) is 0 Å². The third kappa shape index (κ3) is 3.19. The number of hydrogen-bond acceptors (Lipinski definition) is 3. The standard InChI is InChI=1S/C15H23N3O/c1-17(2)14-8-7-12(16)11-13(14)15(19)18-9-5-3-4-6-10-18/h7-8,11H,3-6,9-10,16H2,1-2H3. The van der Waals surface area contributed by atoms with Crippen LogP contribution in [0.25, 0.3) is 0 Å². The molecule has 0 radical (unpaired) electrons. The van der Waals surface area contributed by atoms with E-state index in [2.05, 4.69) is 0 Å². The lowest BCUT2D eigenvalue weighted by molar-refractivity contribution is 0.0762. The van der Waals surface area contributed by atoms with Crippen LogP contribution in [-0.4, -0.2) is 38.0 Å². The van der Waals surface area contributed by atoms with Crippen molar-refractivity contribution in [2.75, 3.05) is 37.8 Å². The zero-order valence-electron chi connectivity index (χ0n) is 11.9. The number of benzene rings is 1. The Morgan fingerprint density at radius 1 is 1.16 bits per heavy atom. The lowest BCUT2D eigenvalue weighted by Crippen LogP contribution is -2.33. The molecule has 0 unspecified atom stereocenters. The van der Waals surface area contributed by atoms with Gasteiger partial charge in [-0.25, -0.2) is 0 Å². The molecule has 1 amide bonds. The molecule has 1 heterocycles. The van der Waals surface area contributed by atoms with Crippen LogP contribution < -0.4 is 10.6 Å². The molecule has 0 spiro atoms. The van der Waals surface area contributed by atoms with E-state index in [9.17, 15) is 4.79 Å². The summed E-state index contributed by atoms with van der Waals surface area (Å²) >= 11 is 0. The number of nitrogens with zero attached hydrogens (tertiary/aromatic N) is 2. The van der Waals surface area contributed by atoms with E-state index in [0.29, 0.717) is 11.3 Å². The maximum atomic E-state index is 12.7. The molecule has 104 valence electrons. The number of rotatable bonds is 2. The van der Waals surface area contributed by atoms with Gasteiger partial charge in [-0.2, -0.15) is 0 Å². The van der Waals surface area contributed by atoms with Gasteiger partial charge in [-0.3, -0.25) is 4.79 Å². The van der Waals surface area contributed by atoms with Gasteiger partial charge >= 0.3 is 0 Å². The van der Waals surface area contributed by atoms with Gasteiger partial charge in [0.2, 0.25) is 0 Å². The number of likely N-dealkylation sites (tertiary alicyclic amines) is 1. The monoisotopic (exact) mass is 261 g/mol. The Balaban J connectivity index is 2.28. The van der Waals surface area contributed by atoms with Crippen molar-refractivity contribution in [2.24, 2.45) is 0 Å². The van der Waals surface area contributed by atoms with E-state index in [1.54, 1.807) is 6.07 Å². The molecule has 0 saturated carbocycles. The van der Waals surface area contributed by atoms with Crippen LogP contribution in [0.5, 0.6) is 0 Å². The lowest BCUT2D eigenvalue weighted by atomic mass is 10.1. The molecule has 1 aromatic rings. The second kappa shape index (κ2) is 5.95.